The number of nitrogens with zero attached hydrogens (tertiary/aromatic N) is 5. The van der Waals surface area contributed by atoms with Crippen LogP contribution >= 0.6 is 0 Å². The van der Waals surface area contributed by atoms with Crippen LogP contribution in [0.4, 0.5) is 0 Å². The molecule has 0 spiro atoms. The van der Waals surface area contributed by atoms with Gasteiger partial charge in [-0.05, 0) is 18.6 Å². The Hall–Kier alpha value is -2.90. The van der Waals surface area contributed by atoms with Crippen molar-refractivity contribution in [2.75, 3.05) is 20.1 Å². The van der Waals surface area contributed by atoms with E-state index in [4.69, 9.17) is 0 Å². The van der Waals surface area contributed by atoms with Crippen molar-refractivity contribution in [3.63, 3.8) is 0 Å². The second kappa shape index (κ2) is 8.46. The quantitative estimate of drug-likeness (QED) is 0.616. The number of carbonyl (C=O) groups is 1. The number of rotatable bonds is 5. The molecule has 0 bridgehead atoms. The molecule has 1 saturated heterocycles. The molecule has 3 rings (SSSR count). The minimum atomic E-state index is 0.202. The number of para-hydroxylation sites is 1. The molecule has 8 heteroatoms. The third-order valence-corrected chi connectivity index (χ3v) is 4.47. The molecule has 1 aromatic carbocycles. The van der Waals surface area contributed by atoms with Gasteiger partial charge in [0.15, 0.2) is 11.8 Å². The monoisotopic (exact) mass is 355 g/mol. The Labute approximate surface area is 153 Å². The second-order valence-electron chi connectivity index (χ2n) is 6.20. The number of aromatic nitrogens is 3. The van der Waals surface area contributed by atoms with Crippen molar-refractivity contribution < 1.29 is 4.79 Å². The van der Waals surface area contributed by atoms with E-state index in [1.54, 1.807) is 13.4 Å². The highest BCUT2D eigenvalue weighted by Gasteiger charge is 2.25. The molecular formula is C18H25N7O. The van der Waals surface area contributed by atoms with Crippen molar-refractivity contribution in [2.24, 2.45) is 4.99 Å². The number of nitrogens with one attached hydrogen (secondary N) is 2. The van der Waals surface area contributed by atoms with Crippen LogP contribution in [-0.2, 0) is 11.3 Å². The lowest BCUT2D eigenvalue weighted by Crippen LogP contribution is -2.45. The molecule has 1 aromatic heterocycles. The van der Waals surface area contributed by atoms with Gasteiger partial charge in [-0.25, -0.2) is 0 Å². The number of hydrogen-bond donors (Lipinski definition) is 2. The summed E-state index contributed by atoms with van der Waals surface area (Å²) in [7, 11) is 1.74. The molecule has 1 aliphatic rings. The topological polar surface area (TPSA) is 87.4 Å². The van der Waals surface area contributed by atoms with Gasteiger partial charge in [0.1, 0.15) is 6.33 Å². The first-order valence-corrected chi connectivity index (χ1v) is 8.90. The lowest BCUT2D eigenvalue weighted by atomic mass is 10.3. The SMILES string of the molecule is CCC(=O)N1CCC(NC(=NC)NCc2nncn2-c2ccccc2)C1. The molecule has 0 aliphatic carbocycles. The normalized spacial score (nSPS) is 17.4. The fourth-order valence-corrected chi connectivity index (χ4v) is 3.06. The van der Waals surface area contributed by atoms with Gasteiger partial charge in [0.2, 0.25) is 5.91 Å². The molecule has 0 radical (unpaired) electrons. The maximum atomic E-state index is 11.8. The van der Waals surface area contributed by atoms with E-state index < -0.39 is 0 Å². The zero-order chi connectivity index (χ0) is 18.4. The molecule has 1 fully saturated rings. The van der Waals surface area contributed by atoms with E-state index in [9.17, 15) is 4.79 Å². The molecule has 1 amide bonds. The van der Waals surface area contributed by atoms with Crippen molar-refractivity contribution >= 4 is 11.9 Å². The average molecular weight is 355 g/mol. The van der Waals surface area contributed by atoms with Crippen molar-refractivity contribution in [1.82, 2.24) is 30.3 Å². The highest BCUT2D eigenvalue weighted by Crippen LogP contribution is 2.11. The minimum absolute atomic E-state index is 0.202. The molecule has 138 valence electrons. The molecule has 8 nitrogen and oxygen atoms in total. The summed E-state index contributed by atoms with van der Waals surface area (Å²) >= 11 is 0. The highest BCUT2D eigenvalue weighted by atomic mass is 16.2. The molecule has 1 unspecified atom stereocenters. The number of hydrogen-bond acceptors (Lipinski definition) is 4. The number of carbonyl (C=O) groups excluding carboxylic acids is 1. The first kappa shape index (κ1) is 17.9. The Morgan fingerprint density at radius 3 is 2.88 bits per heavy atom. The van der Waals surface area contributed by atoms with Crippen molar-refractivity contribution in [1.29, 1.82) is 0 Å². The lowest BCUT2D eigenvalue weighted by Gasteiger charge is -2.18. The van der Waals surface area contributed by atoms with Gasteiger partial charge in [0, 0.05) is 38.3 Å². The largest absolute Gasteiger partial charge is 0.352 e. The predicted octanol–water partition coefficient (Wildman–Crippen LogP) is 0.943. The van der Waals surface area contributed by atoms with Crippen LogP contribution in [0.5, 0.6) is 0 Å². The van der Waals surface area contributed by atoms with Gasteiger partial charge < -0.3 is 15.5 Å². The van der Waals surface area contributed by atoms with E-state index in [-0.39, 0.29) is 11.9 Å². The van der Waals surface area contributed by atoms with Crippen LogP contribution in [0.1, 0.15) is 25.6 Å². The van der Waals surface area contributed by atoms with Gasteiger partial charge in [-0.3, -0.25) is 14.4 Å². The number of guanidine groups is 1. The van der Waals surface area contributed by atoms with Crippen LogP contribution in [0, 0.1) is 0 Å². The Bertz CT molecular complexity index is 756. The van der Waals surface area contributed by atoms with Gasteiger partial charge in [-0.15, -0.1) is 10.2 Å². The fourth-order valence-electron chi connectivity index (χ4n) is 3.06. The maximum absolute atomic E-state index is 11.8. The van der Waals surface area contributed by atoms with Gasteiger partial charge >= 0.3 is 0 Å². The van der Waals surface area contributed by atoms with E-state index in [1.807, 2.05) is 46.7 Å². The standard InChI is InChI=1S/C18H25N7O/c1-3-17(26)24-10-9-14(12-24)22-18(19-2)20-11-16-23-21-13-25(16)15-7-5-4-6-8-15/h4-8,13-14H,3,9-12H2,1-2H3,(H2,19,20,22). The zero-order valence-corrected chi connectivity index (χ0v) is 15.2. The van der Waals surface area contributed by atoms with Crippen LogP contribution in [0.2, 0.25) is 0 Å². The van der Waals surface area contributed by atoms with E-state index in [2.05, 4.69) is 25.8 Å². The fraction of sp³-hybridized carbons (Fsp3) is 0.444. The van der Waals surface area contributed by atoms with E-state index in [1.165, 1.54) is 0 Å². The van der Waals surface area contributed by atoms with Crippen LogP contribution in [-0.4, -0.2) is 57.7 Å². The summed E-state index contributed by atoms with van der Waals surface area (Å²) in [5.74, 6) is 1.70. The number of likely N-dealkylation sites (tertiary alicyclic amines) is 1. The van der Waals surface area contributed by atoms with E-state index in [0.29, 0.717) is 25.5 Å². The number of amides is 1. The minimum Gasteiger partial charge on any atom is -0.352 e. The third kappa shape index (κ3) is 4.19. The first-order valence-electron chi connectivity index (χ1n) is 8.90. The maximum Gasteiger partial charge on any atom is 0.222 e. The number of benzene rings is 1. The van der Waals surface area contributed by atoms with Crippen molar-refractivity contribution in [3.05, 3.63) is 42.5 Å². The van der Waals surface area contributed by atoms with Crippen molar-refractivity contribution in [2.45, 2.75) is 32.4 Å². The molecular weight excluding hydrogens is 330 g/mol. The summed E-state index contributed by atoms with van der Waals surface area (Å²) in [6.07, 6.45) is 3.18. The molecule has 1 aliphatic heterocycles. The van der Waals surface area contributed by atoms with Crippen LogP contribution in [0.15, 0.2) is 41.7 Å². The van der Waals surface area contributed by atoms with Crippen LogP contribution in [0.3, 0.4) is 0 Å². The zero-order valence-electron chi connectivity index (χ0n) is 15.2. The smallest absolute Gasteiger partial charge is 0.222 e. The van der Waals surface area contributed by atoms with Crippen LogP contribution in [0.25, 0.3) is 5.69 Å². The number of aliphatic imine (C=N–C) groups is 1. The van der Waals surface area contributed by atoms with E-state index >= 15 is 0 Å². The first-order chi connectivity index (χ1) is 12.7. The molecule has 2 aromatic rings. The molecule has 2 N–H and O–H groups in total. The second-order valence-corrected chi connectivity index (χ2v) is 6.20. The van der Waals surface area contributed by atoms with E-state index in [0.717, 1.165) is 24.5 Å². The molecule has 0 saturated carbocycles. The van der Waals surface area contributed by atoms with Gasteiger partial charge in [0.05, 0.1) is 6.54 Å². The summed E-state index contributed by atoms with van der Waals surface area (Å²) in [6.45, 7) is 3.91. The Morgan fingerprint density at radius 1 is 1.35 bits per heavy atom. The summed E-state index contributed by atoms with van der Waals surface area (Å²) in [6, 6.07) is 10.2. The summed E-state index contributed by atoms with van der Waals surface area (Å²) < 4.78 is 1.94. The molecule has 26 heavy (non-hydrogen) atoms. The molecule has 1 atom stereocenters. The predicted molar refractivity (Wildman–Crippen MR) is 100.0 cm³/mol. The molecule has 2 heterocycles. The van der Waals surface area contributed by atoms with Crippen LogP contribution < -0.4 is 10.6 Å². The Kier molecular flexibility index (Phi) is 5.83. The summed E-state index contributed by atoms with van der Waals surface area (Å²) in [4.78, 5) is 18.0. The average Bonchev–Trinajstić information content (AvgIpc) is 3.34. The van der Waals surface area contributed by atoms with Crippen molar-refractivity contribution in [3.8, 4) is 5.69 Å². The Balaban J connectivity index is 1.56. The lowest BCUT2D eigenvalue weighted by molar-refractivity contribution is -0.129. The van der Waals surface area contributed by atoms with Gasteiger partial charge in [0.25, 0.3) is 0 Å². The summed E-state index contributed by atoms with van der Waals surface area (Å²) in [5, 5.41) is 14.9. The summed E-state index contributed by atoms with van der Waals surface area (Å²) in [5.41, 5.74) is 1.02. The highest BCUT2D eigenvalue weighted by molar-refractivity contribution is 5.80. The third-order valence-electron chi connectivity index (χ3n) is 4.47. The Morgan fingerprint density at radius 2 is 2.15 bits per heavy atom. The van der Waals surface area contributed by atoms with Gasteiger partial charge in [-0.1, -0.05) is 25.1 Å². The van der Waals surface area contributed by atoms with Gasteiger partial charge in [-0.2, -0.15) is 0 Å².